The highest BCUT2D eigenvalue weighted by atomic mass is 16.5. The molecular formula is C29H38N4O7. The second-order valence-corrected chi connectivity index (χ2v) is 9.54. The molecule has 0 unspecified atom stereocenters. The molecule has 1 aliphatic rings. The third-order valence-electron chi connectivity index (χ3n) is 6.61. The number of rotatable bonds is 7. The van der Waals surface area contributed by atoms with Crippen molar-refractivity contribution in [1.29, 1.82) is 0 Å². The van der Waals surface area contributed by atoms with Crippen molar-refractivity contribution in [3.8, 4) is 17.2 Å². The number of ether oxygens (including phenoxy) is 3. The first-order valence-electron chi connectivity index (χ1n) is 13.3. The highest BCUT2D eigenvalue weighted by Gasteiger charge is 2.26. The maximum absolute atomic E-state index is 13.2. The molecule has 0 aromatic heterocycles. The molecule has 0 aliphatic carbocycles. The van der Waals surface area contributed by atoms with Gasteiger partial charge in [0.05, 0.1) is 26.3 Å². The van der Waals surface area contributed by atoms with Crippen molar-refractivity contribution in [2.45, 2.75) is 44.7 Å². The Hall–Kier alpha value is -4.28. The molecule has 0 fully saturated rings. The molecule has 2 aromatic rings. The van der Waals surface area contributed by atoms with Gasteiger partial charge in [-0.15, -0.1) is 0 Å². The Morgan fingerprint density at radius 1 is 1.07 bits per heavy atom. The minimum absolute atomic E-state index is 0.0521. The zero-order valence-corrected chi connectivity index (χ0v) is 23.5. The smallest absolute Gasteiger partial charge is 0.255 e. The van der Waals surface area contributed by atoms with Crippen molar-refractivity contribution in [3.05, 3.63) is 53.6 Å². The molecule has 0 spiro atoms. The van der Waals surface area contributed by atoms with E-state index in [4.69, 9.17) is 14.2 Å². The number of carbonyl (C=O) groups excluding carboxylic acids is 4. The fourth-order valence-electron chi connectivity index (χ4n) is 4.33. The highest BCUT2D eigenvalue weighted by Crippen LogP contribution is 2.28. The van der Waals surface area contributed by atoms with Crippen molar-refractivity contribution in [2.24, 2.45) is 0 Å². The van der Waals surface area contributed by atoms with Gasteiger partial charge in [0.15, 0.2) is 11.5 Å². The third kappa shape index (κ3) is 8.36. The van der Waals surface area contributed by atoms with Gasteiger partial charge in [-0.3, -0.25) is 19.2 Å². The van der Waals surface area contributed by atoms with E-state index in [1.54, 1.807) is 52.5 Å². The predicted molar refractivity (Wildman–Crippen MR) is 149 cm³/mol. The molecule has 0 radical (unpaired) electrons. The Morgan fingerprint density at radius 2 is 1.82 bits per heavy atom. The molecule has 2 aromatic carbocycles. The summed E-state index contributed by atoms with van der Waals surface area (Å²) >= 11 is 0. The summed E-state index contributed by atoms with van der Waals surface area (Å²) in [5.41, 5.74) is 1.28. The number of hydrogen-bond acceptors (Lipinski definition) is 7. The van der Waals surface area contributed by atoms with Crippen LogP contribution in [0.2, 0.25) is 0 Å². The zero-order valence-electron chi connectivity index (χ0n) is 23.5. The van der Waals surface area contributed by atoms with Crippen LogP contribution in [-0.2, 0) is 20.8 Å². The first-order valence-corrected chi connectivity index (χ1v) is 13.3. The normalized spacial score (nSPS) is 18.7. The van der Waals surface area contributed by atoms with Crippen LogP contribution >= 0.6 is 0 Å². The summed E-state index contributed by atoms with van der Waals surface area (Å²) in [4.78, 5) is 53.0. The van der Waals surface area contributed by atoms with Gasteiger partial charge in [0.1, 0.15) is 24.4 Å². The second kappa shape index (κ2) is 14.8. The van der Waals surface area contributed by atoms with Crippen molar-refractivity contribution in [1.82, 2.24) is 20.9 Å². The van der Waals surface area contributed by atoms with Gasteiger partial charge in [-0.25, -0.2) is 0 Å². The van der Waals surface area contributed by atoms with Crippen LogP contribution in [0.5, 0.6) is 17.2 Å². The molecule has 11 nitrogen and oxygen atoms in total. The molecule has 11 heteroatoms. The minimum Gasteiger partial charge on any atom is -0.493 e. The Bertz CT molecular complexity index is 1200. The topological polar surface area (TPSA) is 135 Å². The summed E-state index contributed by atoms with van der Waals surface area (Å²) in [5.74, 6) is 0.0644. The number of para-hydroxylation sites is 1. The predicted octanol–water partition coefficient (Wildman–Crippen LogP) is 1.69. The maximum atomic E-state index is 13.2. The molecule has 0 bridgehead atoms. The lowest BCUT2D eigenvalue weighted by Crippen LogP contribution is -2.48. The molecule has 3 N–H and O–H groups in total. The molecule has 1 heterocycles. The number of nitrogens with zero attached hydrogens (tertiary/aromatic N) is 1. The number of amides is 4. The van der Waals surface area contributed by atoms with Crippen LogP contribution in [0, 0.1) is 0 Å². The van der Waals surface area contributed by atoms with Crippen LogP contribution in [0.1, 0.15) is 42.1 Å². The number of fused-ring (bicyclic) bond motifs is 1. The van der Waals surface area contributed by atoms with Gasteiger partial charge < -0.3 is 35.1 Å². The van der Waals surface area contributed by atoms with E-state index in [1.807, 2.05) is 18.2 Å². The number of benzene rings is 2. The number of aryl methyl sites for hydroxylation is 1. The average molecular weight is 555 g/mol. The van der Waals surface area contributed by atoms with E-state index < -0.39 is 23.9 Å². The van der Waals surface area contributed by atoms with Crippen molar-refractivity contribution in [3.63, 3.8) is 0 Å². The summed E-state index contributed by atoms with van der Waals surface area (Å²) in [6.45, 7) is 2.39. The quantitative estimate of drug-likeness (QED) is 0.443. The summed E-state index contributed by atoms with van der Waals surface area (Å²) in [7, 11) is 4.77. The number of hydrogen-bond donors (Lipinski definition) is 3. The van der Waals surface area contributed by atoms with E-state index in [0.29, 0.717) is 36.6 Å². The van der Waals surface area contributed by atoms with Crippen LogP contribution in [0.15, 0.2) is 42.5 Å². The van der Waals surface area contributed by atoms with Crippen LogP contribution in [-0.4, -0.2) is 81.6 Å². The van der Waals surface area contributed by atoms with Crippen molar-refractivity contribution < 1.29 is 33.4 Å². The van der Waals surface area contributed by atoms with Gasteiger partial charge in [-0.2, -0.15) is 0 Å². The van der Waals surface area contributed by atoms with Gasteiger partial charge in [0.25, 0.3) is 5.91 Å². The number of nitrogens with one attached hydrogen (secondary N) is 3. The van der Waals surface area contributed by atoms with E-state index in [0.717, 1.165) is 5.56 Å². The summed E-state index contributed by atoms with van der Waals surface area (Å²) in [5, 5.41) is 8.30. The van der Waals surface area contributed by atoms with Gasteiger partial charge in [-0.1, -0.05) is 18.2 Å². The molecule has 4 amide bonds. The fourth-order valence-corrected chi connectivity index (χ4v) is 4.33. The lowest BCUT2D eigenvalue weighted by molar-refractivity contribution is -0.135. The SMILES string of the molecule is COc1ccc(CCCNC(=O)[C@@H]2CCC(=O)N[C@@H](C)C(=O)N(C)CCOc3ccccc3C(=O)N2)cc1OC. The molecule has 3 rings (SSSR count). The zero-order chi connectivity index (χ0) is 29.1. The highest BCUT2D eigenvalue weighted by molar-refractivity contribution is 5.99. The first-order chi connectivity index (χ1) is 19.2. The lowest BCUT2D eigenvalue weighted by atomic mass is 10.1. The van der Waals surface area contributed by atoms with E-state index in [-0.39, 0.29) is 43.4 Å². The van der Waals surface area contributed by atoms with Gasteiger partial charge in [0.2, 0.25) is 17.7 Å². The maximum Gasteiger partial charge on any atom is 0.255 e. The molecule has 2 atom stereocenters. The fraction of sp³-hybridized carbons (Fsp3) is 0.448. The van der Waals surface area contributed by atoms with Gasteiger partial charge >= 0.3 is 0 Å². The number of likely N-dealkylation sites (N-methyl/N-ethyl adjacent to an activating group) is 1. The molecule has 40 heavy (non-hydrogen) atoms. The van der Waals surface area contributed by atoms with Gasteiger partial charge in [-0.05, 0) is 56.0 Å². The van der Waals surface area contributed by atoms with Crippen LogP contribution < -0.4 is 30.2 Å². The largest absolute Gasteiger partial charge is 0.493 e. The summed E-state index contributed by atoms with van der Waals surface area (Å²) < 4.78 is 16.4. The lowest BCUT2D eigenvalue weighted by Gasteiger charge is -2.22. The molecular weight excluding hydrogens is 516 g/mol. The van der Waals surface area contributed by atoms with E-state index in [1.165, 1.54) is 4.90 Å². The monoisotopic (exact) mass is 554 g/mol. The first kappa shape index (κ1) is 30.3. The van der Waals surface area contributed by atoms with E-state index >= 15 is 0 Å². The van der Waals surface area contributed by atoms with Crippen LogP contribution in [0.3, 0.4) is 0 Å². The molecule has 216 valence electrons. The van der Waals surface area contributed by atoms with Crippen LogP contribution in [0.4, 0.5) is 0 Å². The van der Waals surface area contributed by atoms with Crippen molar-refractivity contribution >= 4 is 23.6 Å². The molecule has 0 saturated heterocycles. The van der Waals surface area contributed by atoms with Crippen LogP contribution in [0.25, 0.3) is 0 Å². The van der Waals surface area contributed by atoms with Gasteiger partial charge in [0, 0.05) is 20.0 Å². The van der Waals surface area contributed by atoms with E-state index in [9.17, 15) is 19.2 Å². The Kier molecular flexibility index (Phi) is 11.2. The Morgan fingerprint density at radius 3 is 2.58 bits per heavy atom. The Labute approximate surface area is 234 Å². The molecule has 1 aliphatic heterocycles. The van der Waals surface area contributed by atoms with Crippen molar-refractivity contribution in [2.75, 3.05) is 41.0 Å². The molecule has 0 saturated carbocycles. The number of methoxy groups -OCH3 is 2. The average Bonchev–Trinajstić information content (AvgIpc) is 2.96. The Balaban J connectivity index is 1.68. The van der Waals surface area contributed by atoms with E-state index in [2.05, 4.69) is 16.0 Å². The summed E-state index contributed by atoms with van der Waals surface area (Å²) in [6, 6.07) is 10.6. The summed E-state index contributed by atoms with van der Waals surface area (Å²) in [6.07, 6.45) is 1.33. The minimum atomic E-state index is -0.966. The number of carbonyl (C=O) groups is 4. The second-order valence-electron chi connectivity index (χ2n) is 9.54. The third-order valence-corrected chi connectivity index (χ3v) is 6.61. The standard InChI is InChI=1S/C29H38N4O7/c1-19-29(37)33(2)16-17-40-23-10-6-5-9-21(23)27(35)32-22(12-14-26(34)31-19)28(36)30-15-7-8-20-11-13-24(38-3)25(18-20)39-4/h5-6,9-11,13,18-19,22H,7-8,12,14-17H2,1-4H3,(H,30,36)(H,31,34)(H,32,35)/t19-,22-/m0/s1.